The van der Waals surface area contributed by atoms with E-state index in [2.05, 4.69) is 15.4 Å². The normalized spacial score (nSPS) is 11.0. The molecule has 1 N–H and O–H groups in total. The van der Waals surface area contributed by atoms with E-state index in [1.807, 2.05) is 12.1 Å². The van der Waals surface area contributed by atoms with Gasteiger partial charge in [0, 0.05) is 28.9 Å². The van der Waals surface area contributed by atoms with Crippen LogP contribution in [-0.2, 0) is 6.54 Å². The second-order valence-corrected chi connectivity index (χ2v) is 6.80. The fraction of sp³-hybridized carbons (Fsp3) is 0.0588. The number of nitrogens with one attached hydrogen (secondary N) is 1. The van der Waals surface area contributed by atoms with Crippen molar-refractivity contribution in [3.05, 3.63) is 80.8 Å². The second-order valence-electron chi connectivity index (χ2n) is 5.49. The van der Waals surface area contributed by atoms with Crippen molar-refractivity contribution in [2.45, 2.75) is 6.54 Å². The van der Waals surface area contributed by atoms with Gasteiger partial charge in [0.1, 0.15) is 11.4 Å². The van der Waals surface area contributed by atoms with E-state index in [1.54, 1.807) is 40.7 Å². The number of carbonyl (C=O) groups excluding carboxylic acids is 1. The number of hydrogen-bond donors (Lipinski definition) is 1. The van der Waals surface area contributed by atoms with Crippen LogP contribution in [0.3, 0.4) is 0 Å². The summed E-state index contributed by atoms with van der Waals surface area (Å²) in [5.41, 5.74) is 0.549. The number of carbonyl (C=O) groups is 1. The van der Waals surface area contributed by atoms with Gasteiger partial charge >= 0.3 is 0 Å². The molecule has 3 aromatic heterocycles. The minimum absolute atomic E-state index is 0.0276. The van der Waals surface area contributed by atoms with Gasteiger partial charge < -0.3 is 5.32 Å². The molecule has 4 aromatic rings. The van der Waals surface area contributed by atoms with E-state index in [0.29, 0.717) is 22.3 Å². The summed E-state index contributed by atoms with van der Waals surface area (Å²) >= 11 is 7.22. The zero-order valence-electron chi connectivity index (χ0n) is 13.3. The minimum atomic E-state index is -0.527. The van der Waals surface area contributed by atoms with Crippen molar-refractivity contribution in [3.8, 4) is 0 Å². The van der Waals surface area contributed by atoms with Crippen LogP contribution in [0, 0.1) is 0 Å². The van der Waals surface area contributed by atoms with E-state index in [4.69, 9.17) is 11.6 Å². The van der Waals surface area contributed by atoms with Crippen LogP contribution in [0.1, 0.15) is 15.9 Å². The van der Waals surface area contributed by atoms with E-state index in [-0.39, 0.29) is 5.56 Å². The summed E-state index contributed by atoms with van der Waals surface area (Å²) in [6, 6.07) is 9.03. The van der Waals surface area contributed by atoms with Gasteiger partial charge in [0.15, 0.2) is 4.96 Å². The molecule has 0 radical (unpaired) electrons. The average Bonchev–Trinajstić information content (AvgIpc) is 3.27. The molecular formula is C17H12ClN5O2S. The Hall–Kier alpha value is -2.97. The zero-order valence-corrected chi connectivity index (χ0v) is 14.9. The van der Waals surface area contributed by atoms with Gasteiger partial charge in [-0.05, 0) is 17.7 Å². The lowest BCUT2D eigenvalue weighted by Gasteiger charge is -2.09. The highest BCUT2D eigenvalue weighted by atomic mass is 35.5. The van der Waals surface area contributed by atoms with Crippen LogP contribution in [0.2, 0.25) is 5.02 Å². The summed E-state index contributed by atoms with van der Waals surface area (Å²) in [5.74, 6) is -0.0410. The van der Waals surface area contributed by atoms with Crippen LogP contribution >= 0.6 is 22.9 Å². The summed E-state index contributed by atoms with van der Waals surface area (Å²) in [6.45, 7) is 0.459. The van der Waals surface area contributed by atoms with E-state index in [9.17, 15) is 9.59 Å². The molecule has 1 amide bonds. The first kappa shape index (κ1) is 16.5. The quantitative estimate of drug-likeness (QED) is 0.585. The lowest BCUT2D eigenvalue weighted by atomic mass is 10.2. The van der Waals surface area contributed by atoms with Crippen molar-refractivity contribution in [1.82, 2.24) is 19.2 Å². The number of halogens is 1. The molecule has 1 aromatic carbocycles. The van der Waals surface area contributed by atoms with Gasteiger partial charge in [-0.25, -0.2) is 9.67 Å². The highest BCUT2D eigenvalue weighted by Gasteiger charge is 2.16. The molecular weight excluding hydrogens is 374 g/mol. The molecule has 0 fully saturated rings. The Morgan fingerprint density at radius 1 is 1.23 bits per heavy atom. The van der Waals surface area contributed by atoms with Gasteiger partial charge in [0.05, 0.1) is 12.7 Å². The topological polar surface area (TPSA) is 81.3 Å². The summed E-state index contributed by atoms with van der Waals surface area (Å²) < 4.78 is 2.99. The van der Waals surface area contributed by atoms with Crippen molar-refractivity contribution in [3.63, 3.8) is 0 Å². The van der Waals surface area contributed by atoms with Crippen LogP contribution in [-0.4, -0.2) is 25.1 Å². The number of amides is 1. The van der Waals surface area contributed by atoms with Crippen molar-refractivity contribution >= 4 is 39.6 Å². The Bertz CT molecular complexity index is 1150. The van der Waals surface area contributed by atoms with E-state index >= 15 is 0 Å². The maximum Gasteiger partial charge on any atom is 0.271 e. The number of hydrogen-bond acceptors (Lipinski definition) is 5. The van der Waals surface area contributed by atoms with Gasteiger partial charge in [-0.1, -0.05) is 23.7 Å². The molecule has 130 valence electrons. The maximum atomic E-state index is 12.5. The molecule has 0 aliphatic carbocycles. The van der Waals surface area contributed by atoms with Gasteiger partial charge in [-0.2, -0.15) is 5.10 Å². The lowest BCUT2D eigenvalue weighted by molar-refractivity contribution is 0.102. The molecule has 0 atom stereocenters. The summed E-state index contributed by atoms with van der Waals surface area (Å²) in [4.78, 5) is 29.6. The molecule has 0 unspecified atom stereocenters. The van der Waals surface area contributed by atoms with Crippen LogP contribution in [0.25, 0.3) is 4.96 Å². The number of fused-ring (bicyclic) bond motifs is 1. The van der Waals surface area contributed by atoms with Gasteiger partial charge in [0.25, 0.3) is 11.5 Å². The molecule has 0 aliphatic rings. The maximum absolute atomic E-state index is 12.5. The van der Waals surface area contributed by atoms with E-state index < -0.39 is 11.5 Å². The van der Waals surface area contributed by atoms with Gasteiger partial charge in [0.2, 0.25) is 0 Å². The minimum Gasteiger partial charge on any atom is -0.307 e. The predicted molar refractivity (Wildman–Crippen MR) is 100 cm³/mol. The molecule has 7 nitrogen and oxygen atoms in total. The summed E-state index contributed by atoms with van der Waals surface area (Å²) in [6.07, 6.45) is 4.47. The smallest absolute Gasteiger partial charge is 0.271 e. The standard InChI is InChI=1S/C17H12ClN5O2S/c18-12-3-1-11(2-4-12)10-23-14(5-6-20-23)21-15(24)13-9-19-17-22(16(13)25)7-8-26-17/h1-9H,10H2,(H,21,24). The van der Waals surface area contributed by atoms with Crippen molar-refractivity contribution in [2.75, 3.05) is 5.32 Å². The molecule has 0 saturated carbocycles. The molecule has 4 rings (SSSR count). The Morgan fingerprint density at radius 3 is 2.85 bits per heavy atom. The Balaban J connectivity index is 1.58. The first-order valence-electron chi connectivity index (χ1n) is 7.64. The lowest BCUT2D eigenvalue weighted by Crippen LogP contribution is -2.26. The zero-order chi connectivity index (χ0) is 18.1. The monoisotopic (exact) mass is 385 g/mol. The molecule has 0 spiro atoms. The van der Waals surface area contributed by atoms with Crippen molar-refractivity contribution < 1.29 is 4.79 Å². The third kappa shape index (κ3) is 3.12. The van der Waals surface area contributed by atoms with Crippen LogP contribution in [0.4, 0.5) is 5.82 Å². The Kier molecular flexibility index (Phi) is 4.27. The first-order chi connectivity index (χ1) is 12.6. The Labute approximate surface area is 156 Å². The summed E-state index contributed by atoms with van der Waals surface area (Å²) in [7, 11) is 0. The second kappa shape index (κ2) is 6.74. The van der Waals surface area contributed by atoms with E-state index in [1.165, 1.54) is 21.9 Å². The summed E-state index contributed by atoms with van der Waals surface area (Å²) in [5, 5.41) is 9.33. The van der Waals surface area contributed by atoms with Gasteiger partial charge in [-0.15, -0.1) is 11.3 Å². The van der Waals surface area contributed by atoms with Crippen LogP contribution < -0.4 is 10.9 Å². The van der Waals surface area contributed by atoms with E-state index in [0.717, 1.165) is 5.56 Å². The van der Waals surface area contributed by atoms with Crippen molar-refractivity contribution in [2.24, 2.45) is 0 Å². The number of thiazole rings is 1. The third-order valence-corrected chi connectivity index (χ3v) is 4.81. The number of anilines is 1. The SMILES string of the molecule is O=C(Nc1ccnn1Cc1ccc(Cl)cc1)c1cnc2sccn2c1=O. The average molecular weight is 386 g/mol. The van der Waals surface area contributed by atoms with Crippen LogP contribution in [0.15, 0.2) is 59.1 Å². The molecule has 3 heterocycles. The Morgan fingerprint density at radius 2 is 2.04 bits per heavy atom. The fourth-order valence-electron chi connectivity index (χ4n) is 2.49. The number of rotatable bonds is 4. The molecule has 0 saturated heterocycles. The predicted octanol–water partition coefficient (Wildman–Crippen LogP) is 2.91. The molecule has 0 bridgehead atoms. The van der Waals surface area contributed by atoms with Crippen LogP contribution in [0.5, 0.6) is 0 Å². The number of aromatic nitrogens is 4. The number of benzene rings is 1. The fourth-order valence-corrected chi connectivity index (χ4v) is 3.29. The molecule has 26 heavy (non-hydrogen) atoms. The van der Waals surface area contributed by atoms with Crippen molar-refractivity contribution in [1.29, 1.82) is 0 Å². The molecule has 9 heteroatoms. The number of nitrogens with zero attached hydrogens (tertiary/aromatic N) is 4. The highest BCUT2D eigenvalue weighted by molar-refractivity contribution is 7.15. The van der Waals surface area contributed by atoms with Gasteiger partial charge in [-0.3, -0.25) is 14.0 Å². The highest BCUT2D eigenvalue weighted by Crippen LogP contribution is 2.14. The largest absolute Gasteiger partial charge is 0.307 e. The third-order valence-electron chi connectivity index (χ3n) is 3.79. The molecule has 0 aliphatic heterocycles. The first-order valence-corrected chi connectivity index (χ1v) is 8.90.